The second-order valence-electron chi connectivity index (χ2n) is 3.02. The van der Waals surface area contributed by atoms with Crippen LogP contribution in [0.1, 0.15) is 46.5 Å². The molecule has 0 unspecified atom stereocenters. The predicted molar refractivity (Wildman–Crippen MR) is 55.8 cm³/mol. The first-order chi connectivity index (χ1) is 5.74. The topological polar surface area (TPSA) is 26.0 Å². The number of hydrogen-bond acceptors (Lipinski definition) is 1. The molecule has 0 amide bonds. The molecule has 0 aliphatic heterocycles. The average Bonchev–Trinajstić information content (AvgIpc) is 2.11. The molecule has 0 aromatic carbocycles. The van der Waals surface area contributed by atoms with E-state index in [2.05, 4.69) is 26.8 Å². The van der Waals surface area contributed by atoms with E-state index in [0.29, 0.717) is 0 Å². The Morgan fingerprint density at radius 3 is 2.17 bits per heavy atom. The van der Waals surface area contributed by atoms with Gasteiger partial charge in [-0.05, 0) is 25.3 Å². The van der Waals surface area contributed by atoms with Crippen molar-refractivity contribution < 1.29 is 0 Å². The zero-order valence-electron chi connectivity index (χ0n) is 8.56. The number of rotatable bonds is 5. The predicted octanol–water partition coefficient (Wildman–Crippen LogP) is 3.38. The first-order valence-electron chi connectivity index (χ1n) is 4.88. The van der Waals surface area contributed by atoms with Gasteiger partial charge in [-0.2, -0.15) is 0 Å². The molecule has 1 heteroatoms. The minimum absolute atomic E-state index is 0.944. The van der Waals surface area contributed by atoms with Gasteiger partial charge in [0.25, 0.3) is 0 Å². The highest BCUT2D eigenvalue weighted by molar-refractivity contribution is 5.15. The molecular weight excluding hydrogens is 146 g/mol. The summed E-state index contributed by atoms with van der Waals surface area (Å²) in [5, 5.41) is 0. The lowest BCUT2D eigenvalue weighted by molar-refractivity contribution is 0.858. The maximum atomic E-state index is 5.69. The quantitative estimate of drug-likeness (QED) is 0.624. The molecule has 12 heavy (non-hydrogen) atoms. The molecule has 0 heterocycles. The first-order valence-corrected chi connectivity index (χ1v) is 4.88. The third-order valence-electron chi connectivity index (χ3n) is 1.97. The van der Waals surface area contributed by atoms with Crippen molar-refractivity contribution in [3.63, 3.8) is 0 Å². The van der Waals surface area contributed by atoms with Crippen LogP contribution in [0.3, 0.4) is 0 Å². The van der Waals surface area contributed by atoms with Crippen LogP contribution in [0.4, 0.5) is 0 Å². The Hall–Kier alpha value is -0.720. The number of hydrogen-bond donors (Lipinski definition) is 1. The van der Waals surface area contributed by atoms with E-state index in [0.717, 1.165) is 18.5 Å². The number of nitrogens with two attached hydrogens (primary N) is 1. The second-order valence-corrected chi connectivity index (χ2v) is 3.02. The average molecular weight is 167 g/mol. The second kappa shape index (κ2) is 6.96. The highest BCUT2D eigenvalue weighted by atomic mass is 14.6. The third kappa shape index (κ3) is 5.00. The highest BCUT2D eigenvalue weighted by Gasteiger charge is 1.90. The van der Waals surface area contributed by atoms with E-state index < -0.39 is 0 Å². The number of allylic oxidation sites excluding steroid dienone is 4. The summed E-state index contributed by atoms with van der Waals surface area (Å²) < 4.78 is 0. The van der Waals surface area contributed by atoms with Crippen LogP contribution in [-0.2, 0) is 0 Å². The molecule has 0 aliphatic carbocycles. The Bertz CT molecular complexity index is 166. The summed E-state index contributed by atoms with van der Waals surface area (Å²) in [7, 11) is 0. The summed E-state index contributed by atoms with van der Waals surface area (Å²) in [5.74, 6) is 0. The van der Waals surface area contributed by atoms with Crippen LogP contribution < -0.4 is 5.73 Å². The van der Waals surface area contributed by atoms with Crippen LogP contribution in [0.25, 0.3) is 0 Å². The van der Waals surface area contributed by atoms with Gasteiger partial charge in [-0.1, -0.05) is 38.8 Å². The van der Waals surface area contributed by atoms with Crippen LogP contribution in [0.5, 0.6) is 0 Å². The Balaban J connectivity index is 4.09. The molecule has 0 atom stereocenters. The Kier molecular flexibility index (Phi) is 6.54. The van der Waals surface area contributed by atoms with Crippen molar-refractivity contribution in [2.75, 3.05) is 0 Å². The van der Waals surface area contributed by atoms with Gasteiger partial charge >= 0.3 is 0 Å². The smallest absolute Gasteiger partial charge is 0.00776 e. The molecule has 0 aromatic heterocycles. The molecule has 1 nitrogen and oxygen atoms in total. The van der Waals surface area contributed by atoms with Crippen molar-refractivity contribution in [3.05, 3.63) is 23.4 Å². The fraction of sp³-hybridized carbons (Fsp3) is 0.636. The van der Waals surface area contributed by atoms with Crippen molar-refractivity contribution in [1.82, 2.24) is 0 Å². The minimum atomic E-state index is 0.944. The summed E-state index contributed by atoms with van der Waals surface area (Å²) in [4.78, 5) is 0. The van der Waals surface area contributed by atoms with Crippen LogP contribution in [-0.4, -0.2) is 0 Å². The van der Waals surface area contributed by atoms with E-state index in [4.69, 9.17) is 5.73 Å². The summed E-state index contributed by atoms with van der Waals surface area (Å²) in [5.41, 5.74) is 8.15. The van der Waals surface area contributed by atoms with Crippen molar-refractivity contribution in [3.8, 4) is 0 Å². The van der Waals surface area contributed by atoms with Crippen LogP contribution in [0.2, 0.25) is 0 Å². The lowest BCUT2D eigenvalue weighted by atomic mass is 10.1. The van der Waals surface area contributed by atoms with Gasteiger partial charge in [-0.25, -0.2) is 0 Å². The normalized spacial score (nSPS) is 13.6. The monoisotopic (exact) mass is 167 g/mol. The highest BCUT2D eigenvalue weighted by Crippen LogP contribution is 2.09. The summed E-state index contributed by atoms with van der Waals surface area (Å²) in [6, 6.07) is 0. The standard InChI is InChI=1S/C11H21N/c1-4-7-10(5-2)8-9-11(12)6-3/h8-9H,4-7,12H2,1-3H3/b10-8+,11-9+. The summed E-state index contributed by atoms with van der Waals surface area (Å²) >= 11 is 0. The zero-order chi connectivity index (χ0) is 9.40. The molecular formula is C11H21N. The molecule has 0 fully saturated rings. The maximum absolute atomic E-state index is 5.69. The van der Waals surface area contributed by atoms with Gasteiger partial charge in [0.1, 0.15) is 0 Å². The van der Waals surface area contributed by atoms with Crippen molar-refractivity contribution >= 4 is 0 Å². The minimum Gasteiger partial charge on any atom is -0.402 e. The van der Waals surface area contributed by atoms with Gasteiger partial charge in [0, 0.05) is 5.70 Å². The van der Waals surface area contributed by atoms with Crippen LogP contribution >= 0.6 is 0 Å². The van der Waals surface area contributed by atoms with Gasteiger partial charge < -0.3 is 5.73 Å². The Labute approximate surface area is 76.3 Å². The molecule has 70 valence electrons. The van der Waals surface area contributed by atoms with E-state index >= 15 is 0 Å². The molecule has 0 rings (SSSR count). The fourth-order valence-corrected chi connectivity index (χ4v) is 1.04. The Morgan fingerprint density at radius 2 is 1.75 bits per heavy atom. The lowest BCUT2D eigenvalue weighted by Gasteiger charge is -2.00. The van der Waals surface area contributed by atoms with E-state index in [1.54, 1.807) is 0 Å². The molecule has 0 bridgehead atoms. The molecule has 0 aromatic rings. The van der Waals surface area contributed by atoms with E-state index in [9.17, 15) is 0 Å². The van der Waals surface area contributed by atoms with Crippen molar-refractivity contribution in [2.24, 2.45) is 5.73 Å². The summed E-state index contributed by atoms with van der Waals surface area (Å²) in [6.07, 6.45) is 8.71. The molecule has 0 aliphatic rings. The molecule has 0 spiro atoms. The van der Waals surface area contributed by atoms with E-state index in [1.807, 2.05) is 6.08 Å². The van der Waals surface area contributed by atoms with Gasteiger partial charge in [0.2, 0.25) is 0 Å². The Morgan fingerprint density at radius 1 is 1.08 bits per heavy atom. The fourth-order valence-electron chi connectivity index (χ4n) is 1.04. The van der Waals surface area contributed by atoms with Gasteiger partial charge in [0.05, 0.1) is 0 Å². The van der Waals surface area contributed by atoms with Gasteiger partial charge in [-0.3, -0.25) is 0 Å². The zero-order valence-corrected chi connectivity index (χ0v) is 8.56. The van der Waals surface area contributed by atoms with Crippen LogP contribution in [0.15, 0.2) is 23.4 Å². The summed E-state index contributed by atoms with van der Waals surface area (Å²) in [6.45, 7) is 6.47. The van der Waals surface area contributed by atoms with E-state index in [1.165, 1.54) is 18.4 Å². The SMILES string of the molecule is CCC/C(=C/C=C(/N)CC)CC. The third-order valence-corrected chi connectivity index (χ3v) is 1.97. The van der Waals surface area contributed by atoms with Gasteiger partial charge in [-0.15, -0.1) is 0 Å². The van der Waals surface area contributed by atoms with Crippen molar-refractivity contribution in [1.29, 1.82) is 0 Å². The largest absolute Gasteiger partial charge is 0.402 e. The lowest BCUT2D eigenvalue weighted by Crippen LogP contribution is -1.93. The first kappa shape index (κ1) is 11.3. The maximum Gasteiger partial charge on any atom is 0.00776 e. The van der Waals surface area contributed by atoms with Gasteiger partial charge in [0.15, 0.2) is 0 Å². The molecule has 0 radical (unpaired) electrons. The van der Waals surface area contributed by atoms with E-state index in [-0.39, 0.29) is 0 Å². The molecule has 0 saturated heterocycles. The van der Waals surface area contributed by atoms with Crippen molar-refractivity contribution in [2.45, 2.75) is 46.5 Å². The van der Waals surface area contributed by atoms with Crippen LogP contribution in [0, 0.1) is 0 Å². The molecule has 0 saturated carbocycles. The molecule has 2 N–H and O–H groups in total.